The van der Waals surface area contributed by atoms with Gasteiger partial charge in [-0.15, -0.1) is 23.2 Å². The van der Waals surface area contributed by atoms with Crippen LogP contribution in [0.5, 0.6) is 0 Å². The zero-order chi connectivity index (χ0) is 14.4. The van der Waals surface area contributed by atoms with Gasteiger partial charge in [-0.1, -0.05) is 30.3 Å². The maximum Gasteiger partial charge on any atom is 0.147 e. The summed E-state index contributed by atoms with van der Waals surface area (Å²) in [6.07, 6.45) is 3.37. The van der Waals surface area contributed by atoms with Crippen LogP contribution in [0.25, 0.3) is 0 Å². The van der Waals surface area contributed by atoms with Crippen molar-refractivity contribution in [1.82, 2.24) is 0 Å². The van der Waals surface area contributed by atoms with Gasteiger partial charge >= 0.3 is 0 Å². The first-order valence-corrected chi connectivity index (χ1v) is 9.37. The highest BCUT2D eigenvalue weighted by molar-refractivity contribution is 7.90. The molecule has 0 aliphatic carbocycles. The van der Waals surface area contributed by atoms with Crippen molar-refractivity contribution in [1.29, 1.82) is 0 Å². The van der Waals surface area contributed by atoms with Gasteiger partial charge in [0.2, 0.25) is 0 Å². The molecule has 0 aromatic heterocycles. The maximum absolute atomic E-state index is 11.2. The van der Waals surface area contributed by atoms with Crippen molar-refractivity contribution in [2.75, 3.05) is 23.8 Å². The molecule has 19 heavy (non-hydrogen) atoms. The molecule has 0 radical (unpaired) electrons. The third-order valence-corrected chi connectivity index (χ3v) is 5.38. The average molecular weight is 323 g/mol. The number of alkyl halides is 2. The summed E-state index contributed by atoms with van der Waals surface area (Å²) in [6.45, 7) is 0. The highest BCUT2D eigenvalue weighted by Gasteiger charge is 2.28. The van der Waals surface area contributed by atoms with Crippen LogP contribution in [0.4, 0.5) is 0 Å². The number of hydrogen-bond acceptors (Lipinski definition) is 2. The predicted molar refractivity (Wildman–Crippen MR) is 83.0 cm³/mol. The van der Waals surface area contributed by atoms with Gasteiger partial charge < -0.3 is 0 Å². The molecular weight excluding hydrogens is 303 g/mol. The number of halogens is 2. The van der Waals surface area contributed by atoms with E-state index in [1.165, 1.54) is 11.8 Å². The van der Waals surface area contributed by atoms with Crippen molar-refractivity contribution in [2.45, 2.75) is 19.3 Å². The summed E-state index contributed by atoms with van der Waals surface area (Å²) in [5.41, 5.74) is 0.956. The fourth-order valence-corrected chi connectivity index (χ4v) is 3.50. The first kappa shape index (κ1) is 16.8. The van der Waals surface area contributed by atoms with Gasteiger partial charge in [0.1, 0.15) is 9.84 Å². The molecule has 2 nitrogen and oxygen atoms in total. The Balaban J connectivity index is 2.68. The van der Waals surface area contributed by atoms with Gasteiger partial charge in [-0.3, -0.25) is 0 Å². The van der Waals surface area contributed by atoms with Crippen LogP contribution < -0.4 is 0 Å². The van der Waals surface area contributed by atoms with Crippen LogP contribution in [-0.4, -0.2) is 32.2 Å². The number of sulfone groups is 1. The zero-order valence-electron chi connectivity index (χ0n) is 11.1. The second-order valence-electron chi connectivity index (χ2n) is 5.16. The van der Waals surface area contributed by atoms with Gasteiger partial charge in [0.05, 0.1) is 0 Å². The lowest BCUT2D eigenvalue weighted by Gasteiger charge is -2.29. The van der Waals surface area contributed by atoms with Gasteiger partial charge in [-0.05, 0) is 24.8 Å². The Hall–Kier alpha value is -0.250. The lowest BCUT2D eigenvalue weighted by atomic mass is 9.81. The van der Waals surface area contributed by atoms with Crippen LogP contribution in [0.1, 0.15) is 18.4 Å². The molecule has 0 spiro atoms. The van der Waals surface area contributed by atoms with Crippen molar-refractivity contribution in [2.24, 2.45) is 5.41 Å². The molecule has 0 fully saturated rings. The van der Waals surface area contributed by atoms with E-state index >= 15 is 0 Å². The van der Waals surface area contributed by atoms with Gasteiger partial charge in [0.25, 0.3) is 0 Å². The molecule has 0 atom stereocenters. The van der Waals surface area contributed by atoms with Gasteiger partial charge in [0.15, 0.2) is 0 Å². The molecular formula is C14H20Cl2O2S. The van der Waals surface area contributed by atoms with E-state index in [-0.39, 0.29) is 11.2 Å². The highest BCUT2D eigenvalue weighted by Crippen LogP contribution is 2.32. The van der Waals surface area contributed by atoms with E-state index in [2.05, 4.69) is 0 Å². The topological polar surface area (TPSA) is 34.1 Å². The minimum Gasteiger partial charge on any atom is -0.229 e. The second kappa shape index (κ2) is 7.51. The van der Waals surface area contributed by atoms with Crippen LogP contribution in [-0.2, 0) is 16.3 Å². The highest BCUT2D eigenvalue weighted by atomic mass is 35.5. The van der Waals surface area contributed by atoms with E-state index in [0.717, 1.165) is 12.8 Å². The van der Waals surface area contributed by atoms with Gasteiger partial charge in [-0.2, -0.15) is 0 Å². The average Bonchev–Trinajstić information content (AvgIpc) is 2.37. The molecule has 0 N–H and O–H groups in total. The molecule has 0 bridgehead atoms. The second-order valence-corrected chi connectivity index (χ2v) is 7.96. The minimum absolute atomic E-state index is 0.192. The van der Waals surface area contributed by atoms with Crippen LogP contribution in [0.2, 0.25) is 0 Å². The Morgan fingerprint density at radius 2 is 1.68 bits per heavy atom. The molecule has 0 unspecified atom stereocenters. The van der Waals surface area contributed by atoms with E-state index in [4.69, 9.17) is 23.2 Å². The van der Waals surface area contributed by atoms with E-state index in [1.54, 1.807) is 0 Å². The van der Waals surface area contributed by atoms with Gasteiger partial charge in [-0.25, -0.2) is 8.42 Å². The lowest BCUT2D eigenvalue weighted by Crippen LogP contribution is -2.29. The monoisotopic (exact) mass is 322 g/mol. The summed E-state index contributed by atoms with van der Waals surface area (Å²) in [5.74, 6) is 1.07. The van der Waals surface area contributed by atoms with Crippen molar-refractivity contribution in [3.8, 4) is 0 Å². The maximum atomic E-state index is 11.2. The lowest BCUT2D eigenvalue weighted by molar-refractivity contribution is 0.341. The first-order chi connectivity index (χ1) is 8.91. The van der Waals surface area contributed by atoms with Crippen molar-refractivity contribution in [3.63, 3.8) is 0 Å². The normalized spacial score (nSPS) is 12.6. The molecule has 0 heterocycles. The standard InChI is InChI=1S/C14H20Cl2O2S/c1-19(17,18)9-5-8-14(11-15,12-16)10-13-6-3-2-4-7-13/h2-4,6-7H,5,8-12H2,1H3. The fourth-order valence-electron chi connectivity index (χ4n) is 2.09. The molecule has 0 saturated heterocycles. The smallest absolute Gasteiger partial charge is 0.147 e. The van der Waals surface area contributed by atoms with E-state index in [0.29, 0.717) is 18.2 Å². The third-order valence-electron chi connectivity index (χ3n) is 3.21. The minimum atomic E-state index is -2.92. The number of hydrogen-bond donors (Lipinski definition) is 0. The molecule has 0 aliphatic rings. The van der Waals surface area contributed by atoms with Crippen molar-refractivity contribution >= 4 is 33.0 Å². The zero-order valence-corrected chi connectivity index (χ0v) is 13.4. The summed E-state index contributed by atoms with van der Waals surface area (Å²) in [7, 11) is -2.92. The van der Waals surface area contributed by atoms with Crippen LogP contribution in [0, 0.1) is 5.41 Å². The van der Waals surface area contributed by atoms with Gasteiger partial charge in [0, 0.05) is 29.2 Å². The molecule has 5 heteroatoms. The van der Waals surface area contributed by atoms with Crippen LogP contribution in [0.15, 0.2) is 30.3 Å². The summed E-state index contributed by atoms with van der Waals surface area (Å²) in [6, 6.07) is 10.0. The molecule has 0 aliphatic heterocycles. The van der Waals surface area contributed by atoms with Crippen LogP contribution >= 0.6 is 23.2 Å². The first-order valence-electron chi connectivity index (χ1n) is 6.24. The molecule has 1 aromatic carbocycles. The van der Waals surface area contributed by atoms with Crippen molar-refractivity contribution in [3.05, 3.63) is 35.9 Å². The Labute approximate surface area is 126 Å². The van der Waals surface area contributed by atoms with Crippen molar-refractivity contribution < 1.29 is 8.42 Å². The fraction of sp³-hybridized carbons (Fsp3) is 0.571. The molecule has 108 valence electrons. The molecule has 0 saturated carbocycles. The Morgan fingerprint density at radius 3 is 2.16 bits per heavy atom. The Bertz CT molecular complexity index is 467. The van der Waals surface area contributed by atoms with E-state index < -0.39 is 9.84 Å². The van der Waals surface area contributed by atoms with E-state index in [1.807, 2.05) is 30.3 Å². The van der Waals surface area contributed by atoms with E-state index in [9.17, 15) is 8.42 Å². The predicted octanol–water partition coefficient (Wildman–Crippen LogP) is 3.52. The molecule has 0 amide bonds. The largest absolute Gasteiger partial charge is 0.229 e. The summed E-state index contributed by atoms with van der Waals surface area (Å²) < 4.78 is 22.4. The number of benzene rings is 1. The SMILES string of the molecule is CS(=O)(=O)CCCC(CCl)(CCl)Cc1ccccc1. The summed E-state index contributed by atoms with van der Waals surface area (Å²) in [4.78, 5) is 0. The Morgan fingerprint density at radius 1 is 1.11 bits per heavy atom. The third kappa shape index (κ3) is 6.15. The van der Waals surface area contributed by atoms with Crippen LogP contribution in [0.3, 0.4) is 0 Å². The quantitative estimate of drug-likeness (QED) is 0.686. The summed E-state index contributed by atoms with van der Waals surface area (Å²) in [5, 5.41) is 0. The summed E-state index contributed by atoms with van der Waals surface area (Å²) >= 11 is 12.2. The Kier molecular flexibility index (Phi) is 6.64. The molecule has 1 aromatic rings. The molecule has 1 rings (SSSR count). The number of rotatable bonds is 8.